The topological polar surface area (TPSA) is 26.0 Å². The fourth-order valence-corrected chi connectivity index (χ4v) is 2.68. The summed E-state index contributed by atoms with van der Waals surface area (Å²) >= 11 is 0.00263. The molecule has 1 aliphatic rings. The van der Waals surface area contributed by atoms with Gasteiger partial charge in [-0.05, 0) is 27.6 Å². The van der Waals surface area contributed by atoms with Crippen molar-refractivity contribution in [2.75, 3.05) is 0 Å². The second kappa shape index (κ2) is 3.83. The van der Waals surface area contributed by atoms with Crippen LogP contribution in [0, 0.1) is 5.41 Å². The fraction of sp³-hybridized carbons (Fsp3) is 0.500. The van der Waals surface area contributed by atoms with Gasteiger partial charge in [-0.2, -0.15) is 0 Å². The molecule has 12 heavy (non-hydrogen) atoms. The number of nitrogens with two attached hydrogens (primary N) is 1. The van der Waals surface area contributed by atoms with Crippen LogP contribution in [-0.2, 0) is 0 Å². The number of rotatable bonds is 1. The quantitative estimate of drug-likeness (QED) is 0.733. The van der Waals surface area contributed by atoms with Gasteiger partial charge in [0, 0.05) is 3.63 Å². The summed E-state index contributed by atoms with van der Waals surface area (Å²) in [6, 6.07) is 0. The third-order valence-electron chi connectivity index (χ3n) is 1.51. The van der Waals surface area contributed by atoms with Crippen LogP contribution in [0.25, 0.3) is 0 Å². The molecule has 0 aliphatic carbocycles. The lowest BCUT2D eigenvalue weighted by Crippen LogP contribution is -2.08. The SMILES string of the molecule is CC(C)(C)CC1=CI=C(N)C=C1. The summed E-state index contributed by atoms with van der Waals surface area (Å²) in [5, 5.41) is 0. The zero-order chi connectivity index (χ0) is 9.19. The van der Waals surface area contributed by atoms with E-state index in [0.717, 1.165) is 10.1 Å². The predicted octanol–water partition coefficient (Wildman–Crippen LogP) is 2.94. The lowest BCUT2D eigenvalue weighted by molar-refractivity contribution is 0.413. The molecule has 0 saturated carbocycles. The zero-order valence-corrected chi connectivity index (χ0v) is 10.1. The summed E-state index contributed by atoms with van der Waals surface area (Å²) in [6.45, 7) is 6.80. The van der Waals surface area contributed by atoms with Gasteiger partial charge in [0.05, 0.1) is 0 Å². The molecule has 1 aliphatic heterocycles. The first-order valence-electron chi connectivity index (χ1n) is 4.10. The van der Waals surface area contributed by atoms with Crippen molar-refractivity contribution in [2.24, 2.45) is 11.1 Å². The molecule has 1 nitrogen and oxygen atoms in total. The smallest absolute Gasteiger partial charge is 0.0455 e. The van der Waals surface area contributed by atoms with Gasteiger partial charge >= 0.3 is 0 Å². The number of hydrogen-bond donors (Lipinski definition) is 1. The Balaban J connectivity index is 2.64. The van der Waals surface area contributed by atoms with Gasteiger partial charge in [0.2, 0.25) is 0 Å². The molecule has 2 heteroatoms. The van der Waals surface area contributed by atoms with E-state index in [1.807, 2.05) is 0 Å². The molecule has 0 saturated heterocycles. The number of halogens is 1. The van der Waals surface area contributed by atoms with E-state index in [1.165, 1.54) is 5.57 Å². The van der Waals surface area contributed by atoms with Crippen molar-refractivity contribution in [3.8, 4) is 0 Å². The first kappa shape index (κ1) is 10.1. The second-order valence-corrected chi connectivity index (χ2v) is 6.74. The molecule has 0 atom stereocenters. The summed E-state index contributed by atoms with van der Waals surface area (Å²) in [7, 11) is 0. The molecule has 0 unspecified atom stereocenters. The van der Waals surface area contributed by atoms with Gasteiger partial charge < -0.3 is 0 Å². The first-order valence-corrected chi connectivity index (χ1v) is 6.43. The summed E-state index contributed by atoms with van der Waals surface area (Å²) in [5.41, 5.74) is 7.55. The average Bonchev–Trinajstić information content (AvgIpc) is 1.91. The van der Waals surface area contributed by atoms with Gasteiger partial charge in [-0.25, -0.2) is 0 Å². The van der Waals surface area contributed by atoms with Crippen LogP contribution >= 0.6 is 20.7 Å². The lowest BCUT2D eigenvalue weighted by Gasteiger charge is -2.19. The van der Waals surface area contributed by atoms with E-state index in [9.17, 15) is 0 Å². The highest BCUT2D eigenvalue weighted by molar-refractivity contribution is 14.2. The molecule has 0 spiro atoms. The van der Waals surface area contributed by atoms with E-state index >= 15 is 0 Å². The van der Waals surface area contributed by atoms with Crippen LogP contribution in [0.1, 0.15) is 27.2 Å². The first-order chi connectivity index (χ1) is 5.47. The molecular formula is C10H16IN. The monoisotopic (exact) mass is 277 g/mol. The second-order valence-electron chi connectivity index (χ2n) is 4.25. The molecule has 2 N–H and O–H groups in total. The molecule has 68 valence electrons. The van der Waals surface area contributed by atoms with Gasteiger partial charge in [0.25, 0.3) is 0 Å². The molecular weight excluding hydrogens is 261 g/mol. The van der Waals surface area contributed by atoms with Gasteiger partial charge in [-0.1, -0.05) is 47.6 Å². The van der Waals surface area contributed by atoms with Crippen molar-refractivity contribution < 1.29 is 0 Å². The minimum Gasteiger partial charge on any atom is -0.298 e. The maximum atomic E-state index is 5.69. The Bertz CT molecular complexity index is 254. The van der Waals surface area contributed by atoms with E-state index in [4.69, 9.17) is 5.73 Å². The number of allylic oxidation sites excluding steroid dienone is 2. The maximum absolute atomic E-state index is 5.69. The van der Waals surface area contributed by atoms with Crippen LogP contribution in [0.4, 0.5) is 0 Å². The van der Waals surface area contributed by atoms with Crippen LogP contribution < -0.4 is 5.73 Å². The number of hydrogen-bond acceptors (Lipinski definition) is 1. The summed E-state index contributed by atoms with van der Waals surface area (Å²) in [5.74, 6) is 0. The third-order valence-corrected chi connectivity index (χ3v) is 3.70. The minimum absolute atomic E-state index is 0.00263. The van der Waals surface area contributed by atoms with E-state index in [-0.39, 0.29) is 20.7 Å². The minimum atomic E-state index is 0.00263. The van der Waals surface area contributed by atoms with Gasteiger partial charge in [0.1, 0.15) is 0 Å². The van der Waals surface area contributed by atoms with Crippen molar-refractivity contribution in [1.82, 2.24) is 0 Å². The summed E-state index contributed by atoms with van der Waals surface area (Å²) in [6.07, 6.45) is 5.38. The molecule has 0 fully saturated rings. The van der Waals surface area contributed by atoms with Crippen LogP contribution in [0.5, 0.6) is 0 Å². The highest BCUT2D eigenvalue weighted by Crippen LogP contribution is 2.27. The van der Waals surface area contributed by atoms with Crippen LogP contribution in [0.15, 0.2) is 21.8 Å². The van der Waals surface area contributed by atoms with E-state index in [1.54, 1.807) is 0 Å². The Morgan fingerprint density at radius 2 is 2.00 bits per heavy atom. The van der Waals surface area contributed by atoms with Gasteiger partial charge in [0.15, 0.2) is 0 Å². The Kier molecular flexibility index (Phi) is 3.23. The lowest BCUT2D eigenvalue weighted by atomic mass is 9.88. The third kappa shape index (κ3) is 3.63. The largest absolute Gasteiger partial charge is 0.298 e. The standard InChI is InChI=1S/C10H16IN/c1-10(2,3)6-8-4-5-9(12)11-7-8/h4-5,7H,6,12H2,1-3H3. The molecule has 0 amide bonds. The molecule has 0 radical (unpaired) electrons. The molecule has 0 aromatic carbocycles. The summed E-state index contributed by atoms with van der Waals surface area (Å²) < 4.78 is 3.41. The normalized spacial score (nSPS) is 18.0. The Labute approximate surface area is 84.5 Å². The molecule has 0 bridgehead atoms. The summed E-state index contributed by atoms with van der Waals surface area (Å²) in [4.78, 5) is 0. The van der Waals surface area contributed by atoms with Crippen molar-refractivity contribution in [3.05, 3.63) is 21.8 Å². The maximum Gasteiger partial charge on any atom is 0.0455 e. The predicted molar refractivity (Wildman–Crippen MR) is 64.5 cm³/mol. The van der Waals surface area contributed by atoms with Crippen molar-refractivity contribution >= 4 is 24.4 Å². The van der Waals surface area contributed by atoms with Crippen molar-refractivity contribution in [3.63, 3.8) is 0 Å². The Morgan fingerprint density at radius 1 is 1.33 bits per heavy atom. The van der Waals surface area contributed by atoms with Gasteiger partial charge in [-0.3, -0.25) is 5.73 Å². The molecule has 0 aromatic rings. The highest BCUT2D eigenvalue weighted by Gasteiger charge is 2.12. The van der Waals surface area contributed by atoms with E-state index in [2.05, 4.69) is 37.0 Å². The fourth-order valence-electron chi connectivity index (χ4n) is 1.10. The van der Waals surface area contributed by atoms with Crippen LogP contribution in [-0.4, -0.2) is 3.63 Å². The zero-order valence-electron chi connectivity index (χ0n) is 7.89. The molecule has 1 rings (SSSR count). The molecule has 1 heterocycles. The van der Waals surface area contributed by atoms with Crippen molar-refractivity contribution in [1.29, 1.82) is 0 Å². The highest BCUT2D eigenvalue weighted by atomic mass is 127. The Morgan fingerprint density at radius 3 is 2.42 bits per heavy atom. The van der Waals surface area contributed by atoms with Gasteiger partial charge in [-0.15, -0.1) is 0 Å². The molecule has 0 aromatic heterocycles. The van der Waals surface area contributed by atoms with E-state index in [0.29, 0.717) is 5.41 Å². The van der Waals surface area contributed by atoms with Crippen molar-refractivity contribution in [2.45, 2.75) is 27.2 Å². The average molecular weight is 277 g/mol. The van der Waals surface area contributed by atoms with Crippen LogP contribution in [0.3, 0.4) is 0 Å². The Hall–Kier alpha value is 0.0400. The van der Waals surface area contributed by atoms with E-state index < -0.39 is 0 Å². The van der Waals surface area contributed by atoms with Crippen LogP contribution in [0.2, 0.25) is 0 Å².